The number of carbonyl (C=O) groups is 3. The number of hydrazone groups is 1. The Bertz CT molecular complexity index is 1350. The van der Waals surface area contributed by atoms with Gasteiger partial charge in [0.2, 0.25) is 0 Å². The second kappa shape index (κ2) is 13.8. The lowest BCUT2D eigenvalue weighted by Gasteiger charge is -2.28. The van der Waals surface area contributed by atoms with Gasteiger partial charge in [-0.3, -0.25) is 4.79 Å². The molecule has 0 aliphatic carbocycles. The molecule has 0 saturated heterocycles. The van der Waals surface area contributed by atoms with E-state index in [1.54, 1.807) is 50.2 Å². The zero-order valence-corrected chi connectivity index (χ0v) is 23.0. The van der Waals surface area contributed by atoms with Gasteiger partial charge in [-0.2, -0.15) is 10.4 Å². The molecule has 0 saturated carbocycles. The number of carbonyl (C=O) groups excluding carboxylic acids is 3. The van der Waals surface area contributed by atoms with Crippen molar-refractivity contribution < 1.29 is 33.3 Å². The van der Waals surface area contributed by atoms with Gasteiger partial charge in [0.25, 0.3) is 5.91 Å². The zero-order valence-electron chi connectivity index (χ0n) is 21.4. The third-order valence-electron chi connectivity index (χ3n) is 5.30. The Hall–Kier alpha value is -4.57. The lowest BCUT2D eigenvalue weighted by Crippen LogP contribution is -2.45. The number of halogens is 1. The van der Waals surface area contributed by atoms with Gasteiger partial charge in [-0.1, -0.05) is 22.0 Å². The molecule has 3 amide bonds. The van der Waals surface area contributed by atoms with E-state index >= 15 is 0 Å². The van der Waals surface area contributed by atoms with Crippen molar-refractivity contribution in [3.05, 3.63) is 63.3 Å². The SMILES string of the molecule is CCOC(=O)C1=C(C)NC(=O)N[C@H]1c1ccc(OCC(=O)N/N=C\c2cc(Br)ccc2OCC#N)c(OC)c1. The first-order valence-corrected chi connectivity index (χ1v) is 12.4. The van der Waals surface area contributed by atoms with E-state index in [1.165, 1.54) is 13.3 Å². The molecule has 1 aliphatic heterocycles. The number of nitrogens with zero attached hydrogens (tertiary/aromatic N) is 2. The normalized spacial score (nSPS) is 14.6. The molecule has 13 heteroatoms. The van der Waals surface area contributed by atoms with Crippen LogP contribution in [0.5, 0.6) is 17.2 Å². The van der Waals surface area contributed by atoms with E-state index in [2.05, 4.69) is 37.1 Å². The van der Waals surface area contributed by atoms with Gasteiger partial charge in [0.1, 0.15) is 11.8 Å². The molecular weight excluding hydrogens is 574 g/mol. The maximum Gasteiger partial charge on any atom is 0.338 e. The molecule has 3 N–H and O–H groups in total. The standard InChI is InChI=1S/C26H26BrN5O7/c1-4-37-25(34)23-15(2)30-26(35)31-24(23)16-5-7-20(21(12-16)36-3)39-14-22(33)32-29-13-17-11-18(27)6-8-19(17)38-10-9-28/h5-8,11-13,24H,4,10,14H2,1-3H3,(H,32,33)(H2,30,31,35)/b29-13-/t24-/m0/s1. The smallest absolute Gasteiger partial charge is 0.338 e. The van der Waals surface area contributed by atoms with E-state index in [4.69, 9.17) is 24.2 Å². The summed E-state index contributed by atoms with van der Waals surface area (Å²) in [5, 5.41) is 17.9. The van der Waals surface area contributed by atoms with Gasteiger partial charge in [0, 0.05) is 15.7 Å². The van der Waals surface area contributed by atoms with Crippen LogP contribution in [0.4, 0.5) is 4.79 Å². The largest absolute Gasteiger partial charge is 0.493 e. The molecule has 1 atom stereocenters. The highest BCUT2D eigenvalue weighted by atomic mass is 79.9. The molecule has 3 rings (SSSR count). The number of hydrogen-bond acceptors (Lipinski definition) is 9. The van der Waals surface area contributed by atoms with Crippen molar-refractivity contribution in [2.45, 2.75) is 19.9 Å². The monoisotopic (exact) mass is 599 g/mol. The number of amides is 3. The highest BCUT2D eigenvalue weighted by Gasteiger charge is 2.32. The van der Waals surface area contributed by atoms with Crippen molar-refractivity contribution in [2.24, 2.45) is 5.10 Å². The van der Waals surface area contributed by atoms with E-state index in [0.717, 1.165) is 4.47 Å². The number of hydrogen-bond donors (Lipinski definition) is 3. The first kappa shape index (κ1) is 29.0. The van der Waals surface area contributed by atoms with Crippen LogP contribution in [-0.2, 0) is 14.3 Å². The summed E-state index contributed by atoms with van der Waals surface area (Å²) in [6.07, 6.45) is 1.38. The molecule has 2 aromatic rings. The van der Waals surface area contributed by atoms with Gasteiger partial charge in [-0.15, -0.1) is 0 Å². The number of esters is 1. The highest BCUT2D eigenvalue weighted by molar-refractivity contribution is 9.10. The number of allylic oxidation sites excluding steroid dienone is 1. The molecule has 204 valence electrons. The van der Waals surface area contributed by atoms with Gasteiger partial charge in [0.15, 0.2) is 24.7 Å². The summed E-state index contributed by atoms with van der Waals surface area (Å²) >= 11 is 3.35. The maximum absolute atomic E-state index is 12.6. The van der Waals surface area contributed by atoms with Crippen LogP contribution in [0.1, 0.15) is 31.0 Å². The number of rotatable bonds is 11. The fourth-order valence-corrected chi connectivity index (χ4v) is 4.00. The number of nitriles is 1. The minimum Gasteiger partial charge on any atom is -0.493 e. The van der Waals surface area contributed by atoms with Gasteiger partial charge in [0.05, 0.1) is 31.5 Å². The molecule has 0 unspecified atom stereocenters. The van der Waals surface area contributed by atoms with Crippen LogP contribution < -0.4 is 30.3 Å². The van der Waals surface area contributed by atoms with Crippen molar-refractivity contribution >= 4 is 40.1 Å². The average molecular weight is 600 g/mol. The summed E-state index contributed by atoms with van der Waals surface area (Å²) in [5.41, 5.74) is 4.10. The second-order valence-corrected chi connectivity index (χ2v) is 8.83. The summed E-state index contributed by atoms with van der Waals surface area (Å²) in [5.74, 6) is -0.125. The number of urea groups is 1. The van der Waals surface area contributed by atoms with E-state index in [-0.39, 0.29) is 36.9 Å². The van der Waals surface area contributed by atoms with Gasteiger partial charge < -0.3 is 29.6 Å². The number of ether oxygens (including phenoxy) is 4. The molecule has 0 fully saturated rings. The second-order valence-electron chi connectivity index (χ2n) is 7.91. The van der Waals surface area contributed by atoms with Crippen LogP contribution in [0.15, 0.2) is 57.2 Å². The number of benzene rings is 2. The molecule has 0 bridgehead atoms. The summed E-state index contributed by atoms with van der Waals surface area (Å²) in [6.45, 7) is 2.98. The summed E-state index contributed by atoms with van der Waals surface area (Å²) < 4.78 is 22.3. The molecule has 0 radical (unpaired) electrons. The summed E-state index contributed by atoms with van der Waals surface area (Å²) in [7, 11) is 1.43. The van der Waals surface area contributed by atoms with Crippen molar-refractivity contribution in [2.75, 3.05) is 26.9 Å². The van der Waals surface area contributed by atoms with Crippen molar-refractivity contribution in [3.63, 3.8) is 0 Å². The van der Waals surface area contributed by atoms with Crippen molar-refractivity contribution in [3.8, 4) is 23.3 Å². The van der Waals surface area contributed by atoms with Crippen LogP contribution in [0.2, 0.25) is 0 Å². The van der Waals surface area contributed by atoms with Crippen LogP contribution in [0, 0.1) is 11.3 Å². The Morgan fingerprint density at radius 1 is 1.18 bits per heavy atom. The lowest BCUT2D eigenvalue weighted by atomic mass is 9.95. The van der Waals surface area contributed by atoms with Gasteiger partial charge >= 0.3 is 12.0 Å². The van der Waals surface area contributed by atoms with Crippen LogP contribution in [-0.4, -0.2) is 51.1 Å². The molecule has 1 aliphatic rings. The third kappa shape index (κ3) is 7.71. The van der Waals surface area contributed by atoms with Crippen LogP contribution in [0.3, 0.4) is 0 Å². The van der Waals surface area contributed by atoms with Crippen LogP contribution >= 0.6 is 15.9 Å². The fourth-order valence-electron chi connectivity index (χ4n) is 3.62. The van der Waals surface area contributed by atoms with Crippen molar-refractivity contribution in [1.82, 2.24) is 16.1 Å². The Balaban J connectivity index is 1.68. The lowest BCUT2D eigenvalue weighted by molar-refractivity contribution is -0.139. The first-order valence-electron chi connectivity index (χ1n) is 11.6. The first-order chi connectivity index (χ1) is 18.8. The summed E-state index contributed by atoms with van der Waals surface area (Å²) in [4.78, 5) is 37.0. The quantitative estimate of drug-likeness (QED) is 0.202. The summed E-state index contributed by atoms with van der Waals surface area (Å²) in [6, 6.07) is 10.6. The Morgan fingerprint density at radius 3 is 2.67 bits per heavy atom. The Morgan fingerprint density at radius 2 is 1.95 bits per heavy atom. The molecule has 0 aromatic heterocycles. The van der Waals surface area contributed by atoms with E-state index < -0.39 is 23.9 Å². The Labute approximate surface area is 233 Å². The topological polar surface area (TPSA) is 160 Å². The van der Waals surface area contributed by atoms with Crippen molar-refractivity contribution in [1.29, 1.82) is 5.26 Å². The molecule has 1 heterocycles. The van der Waals surface area contributed by atoms with Gasteiger partial charge in [-0.25, -0.2) is 15.0 Å². The predicted molar refractivity (Wildman–Crippen MR) is 143 cm³/mol. The minimum absolute atomic E-state index is 0.132. The predicted octanol–water partition coefficient (Wildman–Crippen LogP) is 3.08. The maximum atomic E-state index is 12.6. The van der Waals surface area contributed by atoms with Gasteiger partial charge in [-0.05, 0) is 49.7 Å². The van der Waals surface area contributed by atoms with E-state index in [1.807, 2.05) is 6.07 Å². The van der Waals surface area contributed by atoms with E-state index in [9.17, 15) is 14.4 Å². The number of nitrogens with one attached hydrogen (secondary N) is 3. The molecule has 0 spiro atoms. The highest BCUT2D eigenvalue weighted by Crippen LogP contribution is 2.34. The fraction of sp³-hybridized carbons (Fsp3) is 0.269. The van der Waals surface area contributed by atoms with Crippen LogP contribution in [0.25, 0.3) is 0 Å². The minimum atomic E-state index is -0.779. The molecule has 39 heavy (non-hydrogen) atoms. The zero-order chi connectivity index (χ0) is 28.4. The third-order valence-corrected chi connectivity index (χ3v) is 5.79. The van der Waals surface area contributed by atoms with E-state index in [0.29, 0.717) is 22.6 Å². The molecule has 12 nitrogen and oxygen atoms in total. The molecule has 2 aromatic carbocycles. The number of methoxy groups -OCH3 is 1. The Kier molecular flexibility index (Phi) is 10.3. The average Bonchev–Trinajstić information content (AvgIpc) is 2.91. The molecular formula is C26H26BrN5O7.